The van der Waals surface area contributed by atoms with Crippen molar-refractivity contribution in [3.05, 3.63) is 53.3 Å². The van der Waals surface area contributed by atoms with E-state index in [9.17, 15) is 9.90 Å². The molecule has 3 rings (SSSR count). The first-order valence-electron chi connectivity index (χ1n) is 8.09. The van der Waals surface area contributed by atoms with Crippen molar-refractivity contribution < 1.29 is 9.90 Å². The van der Waals surface area contributed by atoms with Crippen LogP contribution in [0.25, 0.3) is 0 Å². The second-order valence-corrected chi connectivity index (χ2v) is 6.42. The zero-order chi connectivity index (χ0) is 16.9. The highest BCUT2D eigenvalue weighted by molar-refractivity contribution is 6.30. The largest absolute Gasteiger partial charge is 0.391 e. The molecule has 0 unspecified atom stereocenters. The standard InChI is InChI=1S/C17H21ClN4O2/c18-14-6-4-13(5-7-14)16(22-10-2-8-20-22)11-19-17(24)21-9-1-3-15(23)12-21/h2,4-8,10,15-16,23H,1,3,9,11-12H2,(H,19,24)/t15-,16-/m0/s1. The fourth-order valence-electron chi connectivity index (χ4n) is 2.95. The molecule has 1 aliphatic rings. The van der Waals surface area contributed by atoms with Crippen molar-refractivity contribution in [3.8, 4) is 0 Å². The predicted octanol–water partition coefficient (Wildman–Crippen LogP) is 2.29. The Morgan fingerprint density at radius 1 is 1.42 bits per heavy atom. The molecule has 7 heteroatoms. The van der Waals surface area contributed by atoms with Gasteiger partial charge in [0.2, 0.25) is 0 Å². The minimum atomic E-state index is -0.428. The zero-order valence-corrected chi connectivity index (χ0v) is 14.1. The van der Waals surface area contributed by atoms with Gasteiger partial charge < -0.3 is 15.3 Å². The van der Waals surface area contributed by atoms with Gasteiger partial charge in [-0.15, -0.1) is 0 Å². The number of nitrogens with zero attached hydrogens (tertiary/aromatic N) is 3. The first-order valence-corrected chi connectivity index (χ1v) is 8.46. The topological polar surface area (TPSA) is 70.4 Å². The summed E-state index contributed by atoms with van der Waals surface area (Å²) in [7, 11) is 0. The van der Waals surface area contributed by atoms with Crippen LogP contribution < -0.4 is 5.32 Å². The molecule has 1 saturated heterocycles. The average molecular weight is 349 g/mol. The number of piperidine rings is 1. The summed E-state index contributed by atoms with van der Waals surface area (Å²) in [6.07, 6.45) is 4.74. The van der Waals surface area contributed by atoms with Gasteiger partial charge in [0.05, 0.1) is 12.1 Å². The fourth-order valence-corrected chi connectivity index (χ4v) is 3.08. The van der Waals surface area contributed by atoms with Crippen LogP contribution in [0, 0.1) is 0 Å². The van der Waals surface area contributed by atoms with Crippen molar-refractivity contribution in [3.63, 3.8) is 0 Å². The Bertz CT molecular complexity index is 660. The summed E-state index contributed by atoms with van der Waals surface area (Å²) in [5.74, 6) is 0. The van der Waals surface area contributed by atoms with E-state index in [0.717, 1.165) is 18.4 Å². The number of carbonyl (C=O) groups is 1. The van der Waals surface area contributed by atoms with Crippen LogP contribution in [0.4, 0.5) is 4.79 Å². The normalized spacial score (nSPS) is 19.1. The van der Waals surface area contributed by atoms with Gasteiger partial charge in [0, 0.05) is 37.1 Å². The molecule has 0 bridgehead atoms. The van der Waals surface area contributed by atoms with Crippen LogP contribution in [-0.4, -0.2) is 51.6 Å². The molecule has 2 N–H and O–H groups in total. The highest BCUT2D eigenvalue weighted by Gasteiger charge is 2.23. The summed E-state index contributed by atoms with van der Waals surface area (Å²) in [5, 5.41) is 17.6. The van der Waals surface area contributed by atoms with Gasteiger partial charge in [-0.2, -0.15) is 5.10 Å². The molecule has 1 aliphatic heterocycles. The Balaban J connectivity index is 1.68. The van der Waals surface area contributed by atoms with Gasteiger partial charge in [-0.1, -0.05) is 23.7 Å². The van der Waals surface area contributed by atoms with E-state index in [1.54, 1.807) is 11.1 Å². The first kappa shape index (κ1) is 16.8. The summed E-state index contributed by atoms with van der Waals surface area (Å²) in [6.45, 7) is 1.48. The molecule has 1 fully saturated rings. The van der Waals surface area contributed by atoms with E-state index in [-0.39, 0.29) is 12.1 Å². The molecule has 0 radical (unpaired) electrons. The van der Waals surface area contributed by atoms with Crippen LogP contribution in [0.1, 0.15) is 24.4 Å². The fraction of sp³-hybridized carbons (Fsp3) is 0.412. The third-order valence-corrected chi connectivity index (χ3v) is 4.48. The van der Waals surface area contributed by atoms with Crippen molar-refractivity contribution in [2.45, 2.75) is 25.0 Å². The summed E-state index contributed by atoms with van der Waals surface area (Å²) in [5.41, 5.74) is 1.02. The molecule has 6 nitrogen and oxygen atoms in total. The van der Waals surface area contributed by atoms with E-state index in [4.69, 9.17) is 11.6 Å². The van der Waals surface area contributed by atoms with Crippen LogP contribution >= 0.6 is 11.6 Å². The van der Waals surface area contributed by atoms with Crippen LogP contribution in [0.3, 0.4) is 0 Å². The Hall–Kier alpha value is -2.05. The van der Waals surface area contributed by atoms with E-state index >= 15 is 0 Å². The van der Waals surface area contributed by atoms with E-state index in [1.165, 1.54) is 0 Å². The Morgan fingerprint density at radius 3 is 2.88 bits per heavy atom. The van der Waals surface area contributed by atoms with Crippen LogP contribution in [0.2, 0.25) is 5.02 Å². The third-order valence-electron chi connectivity index (χ3n) is 4.23. The number of rotatable bonds is 4. The number of carbonyl (C=O) groups excluding carboxylic acids is 1. The Kier molecular flexibility index (Phi) is 5.37. The van der Waals surface area contributed by atoms with Gasteiger partial charge in [0.15, 0.2) is 0 Å². The molecule has 0 aliphatic carbocycles. The first-order chi connectivity index (χ1) is 11.6. The second-order valence-electron chi connectivity index (χ2n) is 5.98. The maximum Gasteiger partial charge on any atom is 0.317 e. The van der Waals surface area contributed by atoms with Gasteiger partial charge >= 0.3 is 6.03 Å². The zero-order valence-electron chi connectivity index (χ0n) is 13.3. The Morgan fingerprint density at radius 2 is 2.21 bits per heavy atom. The molecular weight excluding hydrogens is 328 g/mol. The summed E-state index contributed by atoms with van der Waals surface area (Å²) in [4.78, 5) is 14.0. The number of amides is 2. The van der Waals surface area contributed by atoms with E-state index in [0.29, 0.717) is 24.7 Å². The minimum Gasteiger partial charge on any atom is -0.391 e. The molecule has 24 heavy (non-hydrogen) atoms. The quantitative estimate of drug-likeness (QED) is 0.890. The smallest absolute Gasteiger partial charge is 0.317 e. The van der Waals surface area contributed by atoms with Crippen molar-refractivity contribution >= 4 is 17.6 Å². The van der Waals surface area contributed by atoms with Gasteiger partial charge in [-0.25, -0.2) is 4.79 Å². The molecule has 1 aromatic heterocycles. The highest BCUT2D eigenvalue weighted by atomic mass is 35.5. The number of urea groups is 1. The summed E-state index contributed by atoms with van der Waals surface area (Å²) >= 11 is 5.96. The number of aromatic nitrogens is 2. The molecular formula is C17H21ClN4O2. The van der Waals surface area contributed by atoms with Crippen molar-refractivity contribution in [2.24, 2.45) is 0 Å². The lowest BCUT2D eigenvalue weighted by Gasteiger charge is -2.30. The van der Waals surface area contributed by atoms with Crippen molar-refractivity contribution in [2.75, 3.05) is 19.6 Å². The number of aliphatic hydroxyl groups excluding tert-OH is 1. The number of hydrogen-bond acceptors (Lipinski definition) is 3. The predicted molar refractivity (Wildman–Crippen MR) is 92.0 cm³/mol. The number of benzene rings is 1. The monoisotopic (exact) mass is 348 g/mol. The number of hydrogen-bond donors (Lipinski definition) is 2. The third kappa shape index (κ3) is 4.07. The highest BCUT2D eigenvalue weighted by Crippen LogP contribution is 2.19. The lowest BCUT2D eigenvalue weighted by molar-refractivity contribution is 0.0841. The average Bonchev–Trinajstić information content (AvgIpc) is 3.11. The maximum atomic E-state index is 12.4. The molecule has 128 valence electrons. The molecule has 0 spiro atoms. The summed E-state index contributed by atoms with van der Waals surface area (Å²) in [6, 6.07) is 9.12. The number of halogens is 1. The van der Waals surface area contributed by atoms with E-state index < -0.39 is 6.10 Å². The number of nitrogens with one attached hydrogen (secondary N) is 1. The van der Waals surface area contributed by atoms with E-state index in [1.807, 2.05) is 41.2 Å². The van der Waals surface area contributed by atoms with Crippen LogP contribution in [0.5, 0.6) is 0 Å². The van der Waals surface area contributed by atoms with Gasteiger partial charge in [-0.3, -0.25) is 4.68 Å². The minimum absolute atomic E-state index is 0.115. The van der Waals surface area contributed by atoms with Crippen molar-refractivity contribution in [1.29, 1.82) is 0 Å². The number of aliphatic hydroxyl groups is 1. The summed E-state index contributed by atoms with van der Waals surface area (Å²) < 4.78 is 1.81. The van der Waals surface area contributed by atoms with Crippen LogP contribution in [-0.2, 0) is 0 Å². The second kappa shape index (κ2) is 7.68. The van der Waals surface area contributed by atoms with Crippen LogP contribution in [0.15, 0.2) is 42.7 Å². The van der Waals surface area contributed by atoms with Gasteiger partial charge in [0.1, 0.15) is 0 Å². The molecule has 2 amide bonds. The lowest BCUT2D eigenvalue weighted by Crippen LogP contribution is -2.48. The molecule has 2 heterocycles. The van der Waals surface area contributed by atoms with Gasteiger partial charge in [-0.05, 0) is 36.6 Å². The number of β-amino-alcohol motifs (C(OH)–C–C–N with tert-alkyl or cyclic N) is 1. The molecule has 0 saturated carbocycles. The van der Waals surface area contributed by atoms with E-state index in [2.05, 4.69) is 10.4 Å². The lowest BCUT2D eigenvalue weighted by atomic mass is 10.1. The molecule has 2 atom stereocenters. The molecule has 1 aromatic carbocycles. The van der Waals surface area contributed by atoms with Gasteiger partial charge in [0.25, 0.3) is 0 Å². The SMILES string of the molecule is O=C(NC[C@@H](c1ccc(Cl)cc1)n1cccn1)N1CCC[C@H](O)C1. The number of likely N-dealkylation sites (tertiary alicyclic amines) is 1. The Labute approximate surface area is 146 Å². The maximum absolute atomic E-state index is 12.4. The molecule has 2 aromatic rings. The van der Waals surface area contributed by atoms with Crippen molar-refractivity contribution in [1.82, 2.24) is 20.0 Å².